The van der Waals surface area contributed by atoms with E-state index in [0.29, 0.717) is 46.9 Å². The maximum absolute atomic E-state index is 12.9. The summed E-state index contributed by atoms with van der Waals surface area (Å²) in [6, 6.07) is 15.8. The van der Waals surface area contributed by atoms with Gasteiger partial charge in [-0.05, 0) is 49.1 Å². The summed E-state index contributed by atoms with van der Waals surface area (Å²) in [5, 5.41) is 0. The Morgan fingerprint density at radius 3 is 2.63 bits per heavy atom. The molecule has 2 aromatic rings. The van der Waals surface area contributed by atoms with Crippen molar-refractivity contribution in [2.45, 2.75) is 39.0 Å². The average Bonchev–Trinajstić information content (AvgIpc) is 3.12. The standard InChI is InChI=1S/C27H31NO5S2/c1-3-32-25(29)12-8-5-9-16-28-26(30)24(35-27(28)34)19-21-13-14-22(23(18-21)31-2)33-17-15-20-10-6-4-7-11-20/h4,6-7,10-11,13-14,18-19H,3,5,8-9,12,15-17H2,1-2H3/b24-19-. The number of unbranched alkanes of at least 4 members (excludes halogenated alkanes) is 2. The summed E-state index contributed by atoms with van der Waals surface area (Å²) in [6.07, 6.45) is 5.39. The first kappa shape index (κ1) is 26.8. The summed E-state index contributed by atoms with van der Waals surface area (Å²) in [4.78, 5) is 26.5. The Hall–Kier alpha value is -2.84. The van der Waals surface area contributed by atoms with E-state index in [-0.39, 0.29) is 11.9 Å². The SMILES string of the molecule is CCOC(=O)CCCCCN1C(=O)/C(=C/c2ccc(OCCc3ccccc3)c(OC)c2)SC1=S. The van der Waals surface area contributed by atoms with Crippen molar-refractivity contribution in [3.63, 3.8) is 0 Å². The zero-order valence-corrected chi connectivity index (χ0v) is 21.8. The molecule has 1 amide bonds. The summed E-state index contributed by atoms with van der Waals surface area (Å²) in [7, 11) is 1.60. The van der Waals surface area contributed by atoms with E-state index in [1.807, 2.05) is 42.5 Å². The van der Waals surface area contributed by atoms with Crippen LogP contribution in [0, 0.1) is 0 Å². The molecule has 0 unspecified atom stereocenters. The first-order valence-corrected chi connectivity index (χ1v) is 13.0. The van der Waals surface area contributed by atoms with Gasteiger partial charge >= 0.3 is 5.97 Å². The van der Waals surface area contributed by atoms with Crippen molar-refractivity contribution in [1.29, 1.82) is 0 Å². The number of ether oxygens (including phenoxy) is 3. The van der Waals surface area contributed by atoms with Crippen LogP contribution in [0.25, 0.3) is 6.08 Å². The van der Waals surface area contributed by atoms with Crippen LogP contribution in [0.5, 0.6) is 11.5 Å². The minimum absolute atomic E-state index is 0.0902. The second kappa shape index (κ2) is 13.9. The molecule has 0 aromatic heterocycles. The zero-order chi connectivity index (χ0) is 25.0. The van der Waals surface area contributed by atoms with Gasteiger partial charge < -0.3 is 14.2 Å². The molecule has 1 aliphatic heterocycles. The number of hydrogen-bond donors (Lipinski definition) is 0. The van der Waals surface area contributed by atoms with Crippen LogP contribution in [0.15, 0.2) is 53.4 Å². The van der Waals surface area contributed by atoms with Crippen molar-refractivity contribution < 1.29 is 23.8 Å². The highest BCUT2D eigenvalue weighted by Gasteiger charge is 2.31. The summed E-state index contributed by atoms with van der Waals surface area (Å²) in [5.41, 5.74) is 2.05. The number of carbonyl (C=O) groups is 2. The van der Waals surface area contributed by atoms with Gasteiger partial charge in [0.15, 0.2) is 11.5 Å². The van der Waals surface area contributed by atoms with Gasteiger partial charge in [-0.2, -0.15) is 0 Å². The van der Waals surface area contributed by atoms with Crippen LogP contribution < -0.4 is 9.47 Å². The Morgan fingerprint density at radius 1 is 1.09 bits per heavy atom. The van der Waals surface area contributed by atoms with Crippen LogP contribution >= 0.6 is 24.0 Å². The molecular weight excluding hydrogens is 482 g/mol. The van der Waals surface area contributed by atoms with E-state index in [1.54, 1.807) is 18.9 Å². The fourth-order valence-corrected chi connectivity index (χ4v) is 4.92. The van der Waals surface area contributed by atoms with E-state index in [9.17, 15) is 9.59 Å². The van der Waals surface area contributed by atoms with Gasteiger partial charge in [0, 0.05) is 19.4 Å². The molecule has 0 atom stereocenters. The fourth-order valence-electron chi connectivity index (χ4n) is 3.61. The highest BCUT2D eigenvalue weighted by Crippen LogP contribution is 2.35. The minimum Gasteiger partial charge on any atom is -0.493 e. The van der Waals surface area contributed by atoms with E-state index in [4.69, 9.17) is 26.4 Å². The molecule has 1 aliphatic rings. The Balaban J connectivity index is 1.53. The van der Waals surface area contributed by atoms with Crippen LogP contribution in [0.2, 0.25) is 0 Å². The number of rotatable bonds is 13. The highest BCUT2D eigenvalue weighted by atomic mass is 32.2. The lowest BCUT2D eigenvalue weighted by Crippen LogP contribution is -2.29. The zero-order valence-electron chi connectivity index (χ0n) is 20.2. The Bertz CT molecular complexity index is 1050. The molecule has 0 bridgehead atoms. The van der Waals surface area contributed by atoms with Gasteiger partial charge in [0.1, 0.15) is 4.32 Å². The third-order valence-corrected chi connectivity index (χ3v) is 6.80. The number of carbonyl (C=O) groups excluding carboxylic acids is 2. The molecule has 0 radical (unpaired) electrons. The largest absolute Gasteiger partial charge is 0.493 e. The number of esters is 1. The monoisotopic (exact) mass is 513 g/mol. The highest BCUT2D eigenvalue weighted by molar-refractivity contribution is 8.26. The maximum atomic E-state index is 12.9. The van der Waals surface area contributed by atoms with Gasteiger partial charge in [-0.1, -0.05) is 66.8 Å². The summed E-state index contributed by atoms with van der Waals surface area (Å²) in [6.45, 7) is 3.28. The molecule has 35 heavy (non-hydrogen) atoms. The molecule has 0 aliphatic carbocycles. The Kier molecular flexibility index (Phi) is 10.6. The van der Waals surface area contributed by atoms with E-state index in [1.165, 1.54) is 17.3 Å². The van der Waals surface area contributed by atoms with Crippen LogP contribution in [-0.4, -0.2) is 48.0 Å². The van der Waals surface area contributed by atoms with E-state index >= 15 is 0 Å². The molecule has 1 heterocycles. The summed E-state index contributed by atoms with van der Waals surface area (Å²) < 4.78 is 16.9. The van der Waals surface area contributed by atoms with Gasteiger partial charge in [0.25, 0.3) is 5.91 Å². The predicted octanol–water partition coefficient (Wildman–Crippen LogP) is 5.64. The van der Waals surface area contributed by atoms with Gasteiger partial charge in [-0.25, -0.2) is 0 Å². The van der Waals surface area contributed by atoms with Crippen molar-refractivity contribution >= 4 is 46.3 Å². The molecule has 186 valence electrons. The summed E-state index contributed by atoms with van der Waals surface area (Å²) >= 11 is 6.73. The average molecular weight is 514 g/mol. The molecule has 0 N–H and O–H groups in total. The predicted molar refractivity (Wildman–Crippen MR) is 144 cm³/mol. The number of amides is 1. The number of thioether (sulfide) groups is 1. The lowest BCUT2D eigenvalue weighted by Gasteiger charge is -2.14. The third-order valence-electron chi connectivity index (χ3n) is 5.42. The molecule has 0 spiro atoms. The van der Waals surface area contributed by atoms with Crippen LogP contribution in [0.1, 0.15) is 43.7 Å². The lowest BCUT2D eigenvalue weighted by atomic mass is 10.1. The lowest BCUT2D eigenvalue weighted by molar-refractivity contribution is -0.143. The molecule has 3 rings (SSSR count). The second-order valence-electron chi connectivity index (χ2n) is 7.94. The molecule has 1 saturated heterocycles. The number of hydrogen-bond acceptors (Lipinski definition) is 7. The van der Waals surface area contributed by atoms with Crippen molar-refractivity contribution in [3.05, 3.63) is 64.6 Å². The normalized spacial score (nSPS) is 14.5. The molecule has 2 aromatic carbocycles. The van der Waals surface area contributed by atoms with Gasteiger partial charge in [-0.3, -0.25) is 14.5 Å². The Labute approximate surface area is 216 Å². The maximum Gasteiger partial charge on any atom is 0.305 e. The first-order chi connectivity index (χ1) is 17.0. The Morgan fingerprint density at radius 2 is 1.89 bits per heavy atom. The number of methoxy groups -OCH3 is 1. The first-order valence-electron chi connectivity index (χ1n) is 11.8. The fraction of sp³-hybridized carbons (Fsp3) is 0.370. The quantitative estimate of drug-likeness (QED) is 0.149. The molecule has 8 heteroatoms. The molecule has 0 saturated carbocycles. The molecule has 6 nitrogen and oxygen atoms in total. The van der Waals surface area contributed by atoms with E-state index in [0.717, 1.165) is 31.2 Å². The van der Waals surface area contributed by atoms with Crippen LogP contribution in [0.3, 0.4) is 0 Å². The van der Waals surface area contributed by atoms with Crippen molar-refractivity contribution in [2.24, 2.45) is 0 Å². The number of benzene rings is 2. The summed E-state index contributed by atoms with van der Waals surface area (Å²) in [5.74, 6) is 1.01. The van der Waals surface area contributed by atoms with Crippen LogP contribution in [0.4, 0.5) is 0 Å². The smallest absolute Gasteiger partial charge is 0.305 e. The van der Waals surface area contributed by atoms with Gasteiger partial charge in [-0.15, -0.1) is 0 Å². The van der Waals surface area contributed by atoms with Gasteiger partial charge in [0.2, 0.25) is 0 Å². The van der Waals surface area contributed by atoms with Crippen molar-refractivity contribution in [2.75, 3.05) is 26.9 Å². The van der Waals surface area contributed by atoms with Gasteiger partial charge in [0.05, 0.1) is 25.2 Å². The number of thiocarbonyl (C=S) groups is 1. The molecular formula is C27H31NO5S2. The second-order valence-corrected chi connectivity index (χ2v) is 9.62. The topological polar surface area (TPSA) is 65.1 Å². The third kappa shape index (κ3) is 8.11. The van der Waals surface area contributed by atoms with Crippen molar-refractivity contribution in [1.82, 2.24) is 4.90 Å². The minimum atomic E-state index is -0.177. The molecule has 1 fully saturated rings. The van der Waals surface area contributed by atoms with Crippen LogP contribution in [-0.2, 0) is 20.7 Å². The van der Waals surface area contributed by atoms with E-state index in [2.05, 4.69) is 12.1 Å². The van der Waals surface area contributed by atoms with E-state index < -0.39 is 0 Å². The van der Waals surface area contributed by atoms with Crippen molar-refractivity contribution in [3.8, 4) is 11.5 Å². The number of nitrogens with zero attached hydrogens (tertiary/aromatic N) is 1.